The second-order valence-corrected chi connectivity index (χ2v) is 9.71. The van der Waals surface area contributed by atoms with Gasteiger partial charge in [-0.1, -0.05) is 12.1 Å². The van der Waals surface area contributed by atoms with Crippen molar-refractivity contribution >= 4 is 40.1 Å². The number of benzene rings is 1. The number of carbonyl (C=O) groups is 1. The van der Waals surface area contributed by atoms with Crippen LogP contribution < -0.4 is 20.7 Å². The lowest BCUT2D eigenvalue weighted by Crippen LogP contribution is -2.36. The zero-order chi connectivity index (χ0) is 22.6. The zero-order valence-corrected chi connectivity index (χ0v) is 19.6. The van der Waals surface area contributed by atoms with Crippen LogP contribution >= 0.6 is 11.8 Å². The van der Waals surface area contributed by atoms with E-state index in [-0.39, 0.29) is 11.8 Å². The summed E-state index contributed by atoms with van der Waals surface area (Å²) >= 11 is 1.86. The number of nitrogens with one attached hydrogen (secondary N) is 3. The number of aromatic nitrogens is 2. The van der Waals surface area contributed by atoms with Crippen molar-refractivity contribution in [3.05, 3.63) is 48.2 Å². The van der Waals surface area contributed by atoms with Gasteiger partial charge in [0.2, 0.25) is 11.8 Å². The quantitative estimate of drug-likeness (QED) is 0.498. The number of methoxy groups -OCH3 is 1. The summed E-state index contributed by atoms with van der Waals surface area (Å²) in [5.41, 5.74) is 2.55. The van der Waals surface area contributed by atoms with Crippen LogP contribution in [-0.2, 0) is 11.3 Å². The lowest BCUT2D eigenvalue weighted by molar-refractivity contribution is -0.120. The third-order valence-electron chi connectivity index (χ3n) is 6.40. The number of carbonyl (C=O) groups excluding carboxylic acids is 1. The first kappa shape index (κ1) is 22.0. The molecule has 3 heterocycles. The molecular formula is C25H29N5O2S. The maximum absolute atomic E-state index is 13.0. The molecule has 7 nitrogen and oxygen atoms in total. The Bertz CT molecular complexity index is 1150. The normalized spacial score (nSPS) is 20.0. The smallest absolute Gasteiger partial charge is 0.227 e. The lowest BCUT2D eigenvalue weighted by Gasteiger charge is -2.28. The molecule has 1 fully saturated rings. The molecule has 0 atom stereocenters. The molecule has 1 amide bonds. The van der Waals surface area contributed by atoms with Crippen molar-refractivity contribution in [2.45, 2.75) is 43.2 Å². The van der Waals surface area contributed by atoms with E-state index in [1.807, 2.05) is 42.1 Å². The molecule has 0 bridgehead atoms. The molecule has 0 radical (unpaired) electrons. The van der Waals surface area contributed by atoms with E-state index in [9.17, 15) is 4.79 Å². The van der Waals surface area contributed by atoms with Crippen molar-refractivity contribution in [2.24, 2.45) is 5.92 Å². The number of hydrogen-bond donors (Lipinski definition) is 3. The van der Waals surface area contributed by atoms with E-state index in [1.165, 1.54) is 4.90 Å². The number of fused-ring (bicyclic) bond motifs is 2. The predicted octanol–water partition coefficient (Wildman–Crippen LogP) is 4.44. The number of ether oxygens (including phenoxy) is 1. The Kier molecular flexibility index (Phi) is 6.64. The average molecular weight is 464 g/mol. The van der Waals surface area contributed by atoms with Crippen LogP contribution in [0.25, 0.3) is 10.9 Å². The van der Waals surface area contributed by atoms with Gasteiger partial charge in [-0.05, 0) is 49.9 Å². The van der Waals surface area contributed by atoms with Crippen molar-refractivity contribution in [1.82, 2.24) is 15.3 Å². The van der Waals surface area contributed by atoms with Gasteiger partial charge in [0.25, 0.3) is 0 Å². The summed E-state index contributed by atoms with van der Waals surface area (Å²) in [6, 6.07) is 14.3. The van der Waals surface area contributed by atoms with Crippen molar-refractivity contribution in [3.63, 3.8) is 0 Å². The van der Waals surface area contributed by atoms with E-state index in [0.29, 0.717) is 11.9 Å². The molecule has 8 heteroatoms. The molecule has 0 unspecified atom stereocenters. The van der Waals surface area contributed by atoms with Crippen molar-refractivity contribution in [1.29, 1.82) is 0 Å². The average Bonchev–Trinajstić information content (AvgIpc) is 2.87. The van der Waals surface area contributed by atoms with E-state index in [2.05, 4.69) is 33.1 Å². The Morgan fingerprint density at radius 2 is 2.00 bits per heavy atom. The highest BCUT2D eigenvalue weighted by atomic mass is 32.2. The number of anilines is 2. The second-order valence-electron chi connectivity index (χ2n) is 8.57. The Labute approximate surface area is 198 Å². The summed E-state index contributed by atoms with van der Waals surface area (Å²) in [4.78, 5) is 23.5. The maximum Gasteiger partial charge on any atom is 0.227 e. The van der Waals surface area contributed by atoms with Crippen LogP contribution in [-0.4, -0.2) is 41.3 Å². The van der Waals surface area contributed by atoms with Crippen LogP contribution in [0.4, 0.5) is 11.5 Å². The molecule has 1 aliphatic carbocycles. The molecule has 33 heavy (non-hydrogen) atoms. The molecule has 1 aromatic carbocycles. The summed E-state index contributed by atoms with van der Waals surface area (Å²) in [7, 11) is 1.60. The predicted molar refractivity (Wildman–Crippen MR) is 133 cm³/mol. The molecule has 1 saturated carbocycles. The van der Waals surface area contributed by atoms with Gasteiger partial charge in [0.05, 0.1) is 24.0 Å². The minimum absolute atomic E-state index is 0.0204. The fraction of sp³-hybridized carbons (Fsp3) is 0.400. The minimum Gasteiger partial charge on any atom is -0.481 e. The summed E-state index contributed by atoms with van der Waals surface area (Å²) in [6.45, 7) is 1.72. The minimum atomic E-state index is 0.0204. The van der Waals surface area contributed by atoms with Gasteiger partial charge in [0, 0.05) is 47.2 Å². The van der Waals surface area contributed by atoms with Crippen LogP contribution in [0, 0.1) is 5.92 Å². The summed E-state index contributed by atoms with van der Waals surface area (Å²) in [5.74, 6) is 2.73. The van der Waals surface area contributed by atoms with E-state index in [1.54, 1.807) is 7.11 Å². The number of para-hydroxylation sites is 1. The molecule has 3 aromatic rings. The van der Waals surface area contributed by atoms with E-state index in [4.69, 9.17) is 9.72 Å². The molecule has 0 spiro atoms. The fourth-order valence-corrected chi connectivity index (χ4v) is 5.39. The highest BCUT2D eigenvalue weighted by molar-refractivity contribution is 7.99. The van der Waals surface area contributed by atoms with E-state index < -0.39 is 0 Å². The van der Waals surface area contributed by atoms with Crippen LogP contribution in [0.5, 0.6) is 5.88 Å². The van der Waals surface area contributed by atoms with Gasteiger partial charge in [-0.3, -0.25) is 4.79 Å². The molecule has 3 N–H and O–H groups in total. The maximum atomic E-state index is 13.0. The van der Waals surface area contributed by atoms with Gasteiger partial charge in [-0.25, -0.2) is 9.97 Å². The Balaban J connectivity index is 1.14. The SMILES string of the molecule is COc1ccc2cccc(NC(=O)[C@H]3CC[C@H](NCc4ccc5c(n4)NCCS5)CC3)c2n1. The topological polar surface area (TPSA) is 88.2 Å². The molecule has 2 aromatic heterocycles. The lowest BCUT2D eigenvalue weighted by atomic mass is 9.85. The first-order chi connectivity index (χ1) is 16.2. The number of rotatable bonds is 6. The van der Waals surface area contributed by atoms with Crippen molar-refractivity contribution in [2.75, 3.05) is 30.0 Å². The molecule has 2 aliphatic rings. The van der Waals surface area contributed by atoms with Crippen LogP contribution in [0.3, 0.4) is 0 Å². The first-order valence-corrected chi connectivity index (χ1v) is 12.5. The van der Waals surface area contributed by atoms with Crippen LogP contribution in [0.15, 0.2) is 47.4 Å². The van der Waals surface area contributed by atoms with Crippen LogP contribution in [0.2, 0.25) is 0 Å². The van der Waals surface area contributed by atoms with E-state index in [0.717, 1.165) is 72.6 Å². The highest BCUT2D eigenvalue weighted by Crippen LogP contribution is 2.30. The van der Waals surface area contributed by atoms with Crippen LogP contribution in [0.1, 0.15) is 31.4 Å². The summed E-state index contributed by atoms with van der Waals surface area (Å²) in [6.07, 6.45) is 3.72. The third kappa shape index (κ3) is 5.07. The van der Waals surface area contributed by atoms with E-state index >= 15 is 0 Å². The third-order valence-corrected chi connectivity index (χ3v) is 7.45. The molecule has 1 aliphatic heterocycles. The largest absolute Gasteiger partial charge is 0.481 e. The zero-order valence-electron chi connectivity index (χ0n) is 18.8. The van der Waals surface area contributed by atoms with Gasteiger partial charge in [-0.2, -0.15) is 0 Å². The van der Waals surface area contributed by atoms with Gasteiger partial charge in [0.15, 0.2) is 0 Å². The van der Waals surface area contributed by atoms with Gasteiger partial charge < -0.3 is 20.7 Å². The van der Waals surface area contributed by atoms with Gasteiger partial charge >= 0.3 is 0 Å². The molecule has 172 valence electrons. The number of pyridine rings is 2. The number of nitrogens with zero attached hydrogens (tertiary/aromatic N) is 2. The standard InChI is InChI=1S/C25H29N5O2S/c1-32-22-12-7-16-3-2-4-20(23(16)30-22)29-25(31)17-5-8-18(9-6-17)27-15-19-10-11-21-24(28-19)26-13-14-33-21/h2-4,7,10-12,17-18,27H,5-6,8-9,13-15H2,1H3,(H,26,28)(H,29,31)/t17-,18-. The number of thioether (sulfide) groups is 1. The number of amides is 1. The highest BCUT2D eigenvalue weighted by Gasteiger charge is 2.26. The van der Waals surface area contributed by atoms with Gasteiger partial charge in [-0.15, -0.1) is 11.8 Å². The fourth-order valence-electron chi connectivity index (χ4n) is 4.55. The van der Waals surface area contributed by atoms with Crippen molar-refractivity contribution < 1.29 is 9.53 Å². The van der Waals surface area contributed by atoms with Gasteiger partial charge in [0.1, 0.15) is 5.82 Å². The summed E-state index contributed by atoms with van der Waals surface area (Å²) < 4.78 is 5.25. The number of hydrogen-bond acceptors (Lipinski definition) is 7. The summed E-state index contributed by atoms with van der Waals surface area (Å²) in [5, 5.41) is 11.1. The molecular weight excluding hydrogens is 434 g/mol. The molecule has 5 rings (SSSR count). The monoisotopic (exact) mass is 463 g/mol. The Morgan fingerprint density at radius 3 is 2.85 bits per heavy atom. The van der Waals surface area contributed by atoms with Crippen molar-refractivity contribution in [3.8, 4) is 5.88 Å². The Morgan fingerprint density at radius 1 is 1.12 bits per heavy atom. The first-order valence-electron chi connectivity index (χ1n) is 11.5. The Hall–Kier alpha value is -2.84. The molecule has 0 saturated heterocycles. The second kappa shape index (κ2) is 9.97.